The van der Waals surface area contributed by atoms with Crippen molar-refractivity contribution in [3.63, 3.8) is 0 Å². The van der Waals surface area contributed by atoms with Gasteiger partial charge in [-0.05, 0) is 44.4 Å². The Kier molecular flexibility index (Phi) is 3.38. The number of rotatable bonds is 3. The fourth-order valence-electron chi connectivity index (χ4n) is 4.28. The number of ether oxygens (including phenoxy) is 1. The van der Waals surface area contributed by atoms with E-state index in [-0.39, 0.29) is 36.4 Å². The fourth-order valence-corrected chi connectivity index (χ4v) is 4.53. The third kappa shape index (κ3) is 2.34. The van der Waals surface area contributed by atoms with Gasteiger partial charge in [0.05, 0.1) is 0 Å². The largest absolute Gasteiger partial charge is 0.465 e. The molecule has 0 aromatic carbocycles. The maximum atomic E-state index is 13.4. The molecule has 4 fully saturated rings. The second-order valence-corrected chi connectivity index (χ2v) is 8.11. The summed E-state index contributed by atoms with van der Waals surface area (Å²) in [7, 11) is -5.88. The summed E-state index contributed by atoms with van der Waals surface area (Å²) < 4.78 is 61.5. The molecule has 0 heterocycles. The Morgan fingerprint density at radius 2 is 1.86 bits per heavy atom. The number of hydrogen-bond donors (Lipinski definition) is 1. The Hall–Kier alpha value is -1.09. The van der Waals surface area contributed by atoms with Crippen LogP contribution in [0, 0.1) is 17.8 Å². The maximum absolute atomic E-state index is 13.4. The summed E-state index contributed by atoms with van der Waals surface area (Å²) in [4.78, 5) is 23.7. The SMILES string of the molecule is O=C1C2CCC3CC1CC(OC(=O)C(F)(F)S(=O)(=O)O)(C3)C2. The highest BCUT2D eigenvalue weighted by molar-refractivity contribution is 7.87. The molecular formula is C13H16F2O6S. The summed E-state index contributed by atoms with van der Waals surface area (Å²) in [6.07, 6.45) is 2.77. The van der Waals surface area contributed by atoms with Crippen LogP contribution in [0.4, 0.5) is 8.78 Å². The number of esters is 1. The second kappa shape index (κ2) is 4.70. The van der Waals surface area contributed by atoms with Crippen molar-refractivity contribution in [3.05, 3.63) is 0 Å². The van der Waals surface area contributed by atoms with E-state index < -0.39 is 26.9 Å². The van der Waals surface area contributed by atoms with Crippen molar-refractivity contribution >= 4 is 21.9 Å². The molecule has 4 bridgehead atoms. The van der Waals surface area contributed by atoms with Gasteiger partial charge in [0, 0.05) is 11.8 Å². The predicted octanol–water partition coefficient (Wildman–Crippen LogP) is 1.55. The molecule has 4 aliphatic rings. The van der Waals surface area contributed by atoms with Crippen LogP contribution in [0.25, 0.3) is 0 Å². The molecule has 9 heteroatoms. The van der Waals surface area contributed by atoms with Crippen molar-refractivity contribution in [2.45, 2.75) is 49.4 Å². The van der Waals surface area contributed by atoms with Crippen LogP contribution in [-0.2, 0) is 24.4 Å². The molecule has 1 N–H and O–H groups in total. The highest BCUT2D eigenvalue weighted by Gasteiger charge is 2.60. The molecule has 0 amide bonds. The maximum Gasteiger partial charge on any atom is 0.465 e. The average Bonchev–Trinajstić information content (AvgIpc) is 2.57. The highest BCUT2D eigenvalue weighted by atomic mass is 32.2. The van der Waals surface area contributed by atoms with Gasteiger partial charge in [-0.2, -0.15) is 17.2 Å². The standard InChI is InChI=1S/C13H16F2O6S/c14-13(15,22(18,19)20)11(17)21-12-4-7-1-2-8(5-12)10(16)9(3-7)6-12/h7-9H,1-6H2,(H,18,19,20). The van der Waals surface area contributed by atoms with Gasteiger partial charge in [0.1, 0.15) is 11.4 Å². The average molecular weight is 338 g/mol. The molecule has 6 nitrogen and oxygen atoms in total. The molecule has 0 radical (unpaired) electrons. The van der Waals surface area contributed by atoms with E-state index in [4.69, 9.17) is 9.29 Å². The van der Waals surface area contributed by atoms with E-state index in [0.717, 1.165) is 6.42 Å². The Balaban J connectivity index is 1.86. The van der Waals surface area contributed by atoms with Crippen LogP contribution < -0.4 is 0 Å². The lowest BCUT2D eigenvalue weighted by atomic mass is 9.64. The van der Waals surface area contributed by atoms with E-state index in [1.54, 1.807) is 0 Å². The summed E-state index contributed by atoms with van der Waals surface area (Å²) in [5, 5.41) is -4.99. The quantitative estimate of drug-likeness (QED) is 0.619. The Labute approximate surface area is 125 Å². The molecule has 0 saturated heterocycles. The van der Waals surface area contributed by atoms with Gasteiger partial charge in [-0.25, -0.2) is 4.79 Å². The van der Waals surface area contributed by atoms with E-state index >= 15 is 0 Å². The van der Waals surface area contributed by atoms with Crippen molar-refractivity contribution in [3.8, 4) is 0 Å². The summed E-state index contributed by atoms with van der Waals surface area (Å²) in [6, 6.07) is 0. The van der Waals surface area contributed by atoms with E-state index in [1.807, 2.05) is 0 Å². The molecule has 0 aromatic rings. The second-order valence-electron chi connectivity index (χ2n) is 6.65. The van der Waals surface area contributed by atoms with Gasteiger partial charge in [0.25, 0.3) is 0 Å². The van der Waals surface area contributed by atoms with Gasteiger partial charge in [-0.15, -0.1) is 0 Å². The summed E-state index contributed by atoms with van der Waals surface area (Å²) in [5.41, 5.74) is -1.21. The molecule has 0 aliphatic heterocycles. The number of fused-ring (bicyclic) bond motifs is 1. The number of alkyl halides is 2. The zero-order chi connectivity index (χ0) is 16.3. The number of ketones is 1. The Bertz CT molecular complexity index is 626. The summed E-state index contributed by atoms with van der Waals surface area (Å²) in [6.45, 7) is 0. The van der Waals surface area contributed by atoms with E-state index in [1.165, 1.54) is 0 Å². The lowest BCUT2D eigenvalue weighted by molar-refractivity contribution is -0.191. The third-order valence-electron chi connectivity index (χ3n) is 5.11. The molecule has 22 heavy (non-hydrogen) atoms. The first-order valence-corrected chi connectivity index (χ1v) is 8.60. The Morgan fingerprint density at radius 3 is 2.50 bits per heavy atom. The molecular weight excluding hydrogens is 322 g/mol. The smallest absolute Gasteiger partial charge is 0.454 e. The Morgan fingerprint density at radius 1 is 1.23 bits per heavy atom. The lowest BCUT2D eigenvalue weighted by Crippen LogP contribution is -2.53. The predicted molar refractivity (Wildman–Crippen MR) is 68.5 cm³/mol. The van der Waals surface area contributed by atoms with Crippen molar-refractivity contribution in [1.82, 2.24) is 0 Å². The van der Waals surface area contributed by atoms with Crippen molar-refractivity contribution in [2.24, 2.45) is 17.8 Å². The molecule has 4 aliphatic carbocycles. The van der Waals surface area contributed by atoms with Crippen LogP contribution >= 0.6 is 0 Å². The first-order chi connectivity index (χ1) is 10.0. The van der Waals surface area contributed by atoms with Crippen LogP contribution in [0.2, 0.25) is 0 Å². The van der Waals surface area contributed by atoms with E-state index in [9.17, 15) is 26.8 Å². The van der Waals surface area contributed by atoms with Crippen molar-refractivity contribution in [1.29, 1.82) is 0 Å². The number of carbonyl (C=O) groups excluding carboxylic acids is 2. The molecule has 124 valence electrons. The van der Waals surface area contributed by atoms with Crippen LogP contribution in [0.5, 0.6) is 0 Å². The van der Waals surface area contributed by atoms with E-state index in [0.29, 0.717) is 19.3 Å². The van der Waals surface area contributed by atoms with Gasteiger partial charge < -0.3 is 4.74 Å². The summed E-state index contributed by atoms with van der Waals surface area (Å²) >= 11 is 0. The van der Waals surface area contributed by atoms with Gasteiger partial charge in [0.15, 0.2) is 0 Å². The number of carbonyl (C=O) groups is 2. The third-order valence-corrected chi connectivity index (χ3v) is 5.93. The molecule has 0 aromatic heterocycles. The van der Waals surface area contributed by atoms with Gasteiger partial charge in [-0.3, -0.25) is 9.35 Å². The van der Waals surface area contributed by atoms with Crippen LogP contribution in [0.3, 0.4) is 0 Å². The highest BCUT2D eigenvalue weighted by Crippen LogP contribution is 2.53. The summed E-state index contributed by atoms with van der Waals surface area (Å²) in [5.74, 6) is -2.69. The van der Waals surface area contributed by atoms with Crippen molar-refractivity contribution < 1.29 is 36.1 Å². The molecule has 4 unspecified atom stereocenters. The monoisotopic (exact) mass is 338 g/mol. The van der Waals surface area contributed by atoms with Gasteiger partial charge in [0.2, 0.25) is 0 Å². The number of halogens is 2. The zero-order valence-electron chi connectivity index (χ0n) is 11.6. The van der Waals surface area contributed by atoms with Crippen LogP contribution in [0.1, 0.15) is 38.5 Å². The van der Waals surface area contributed by atoms with Crippen LogP contribution in [0.15, 0.2) is 0 Å². The molecule has 0 spiro atoms. The molecule has 4 rings (SSSR count). The fraction of sp³-hybridized carbons (Fsp3) is 0.846. The normalized spacial score (nSPS) is 38.0. The minimum atomic E-state index is -5.88. The van der Waals surface area contributed by atoms with Gasteiger partial charge >= 0.3 is 21.3 Å². The number of Topliss-reactive ketones (excluding diaryl/α,β-unsaturated/α-hetero) is 1. The molecule has 4 atom stereocenters. The van der Waals surface area contributed by atoms with E-state index in [2.05, 4.69) is 0 Å². The topological polar surface area (TPSA) is 97.7 Å². The first kappa shape index (κ1) is 15.8. The van der Waals surface area contributed by atoms with Crippen LogP contribution in [-0.4, -0.2) is 35.6 Å². The lowest BCUT2D eigenvalue weighted by Gasteiger charge is -2.46. The molecule has 4 saturated carbocycles. The van der Waals surface area contributed by atoms with Gasteiger partial charge in [-0.1, -0.05) is 0 Å². The van der Waals surface area contributed by atoms with Crippen molar-refractivity contribution in [2.75, 3.05) is 0 Å². The zero-order valence-corrected chi connectivity index (χ0v) is 12.4. The minimum absolute atomic E-state index is 0.0930. The number of hydrogen-bond acceptors (Lipinski definition) is 5. The first-order valence-electron chi connectivity index (χ1n) is 7.16. The minimum Gasteiger partial charge on any atom is -0.454 e.